The molecule has 0 atom stereocenters. The first-order valence-corrected chi connectivity index (χ1v) is 15.9. The fraction of sp³-hybridized carbons (Fsp3) is 0. The second kappa shape index (κ2) is 9.69. The van der Waals surface area contributed by atoms with Crippen LogP contribution in [0.1, 0.15) is 0 Å². The lowest BCUT2D eigenvalue weighted by molar-refractivity contribution is 1.18. The molecular formula is C44H28N2. The van der Waals surface area contributed by atoms with Gasteiger partial charge in [0.1, 0.15) is 0 Å². The Kier molecular flexibility index (Phi) is 5.31. The normalized spacial score (nSPS) is 11.9. The molecule has 0 radical (unpaired) electrons. The Morgan fingerprint density at radius 1 is 0.283 bits per heavy atom. The molecule has 0 saturated heterocycles. The molecule has 214 valence electrons. The smallest absolute Gasteiger partial charge is 0.0547 e. The summed E-state index contributed by atoms with van der Waals surface area (Å²) in [5.74, 6) is 0. The number of para-hydroxylation sites is 4. The molecule has 0 unspecified atom stereocenters. The van der Waals surface area contributed by atoms with Gasteiger partial charge in [-0.05, 0) is 93.3 Å². The highest BCUT2D eigenvalue weighted by Gasteiger charge is 2.17. The summed E-state index contributed by atoms with van der Waals surface area (Å²) < 4.78 is 4.77. The van der Waals surface area contributed by atoms with Crippen molar-refractivity contribution in [1.82, 2.24) is 9.13 Å². The third-order valence-electron chi connectivity index (χ3n) is 9.67. The van der Waals surface area contributed by atoms with Crippen LogP contribution in [-0.2, 0) is 0 Å². The Hall–Kier alpha value is -6.12. The molecule has 0 amide bonds. The van der Waals surface area contributed by atoms with E-state index in [2.05, 4.69) is 179 Å². The molecule has 0 N–H and O–H groups in total. The molecule has 10 aromatic rings. The number of hydrogen-bond donors (Lipinski definition) is 0. The number of fused-ring (bicyclic) bond motifs is 10. The highest BCUT2D eigenvalue weighted by molar-refractivity contribution is 6.23. The van der Waals surface area contributed by atoms with Gasteiger partial charge in [0.25, 0.3) is 0 Å². The summed E-state index contributed by atoms with van der Waals surface area (Å²) in [5, 5.41) is 10.2. The van der Waals surface area contributed by atoms with Crippen LogP contribution in [0.2, 0.25) is 0 Å². The first-order chi connectivity index (χ1) is 22.8. The minimum absolute atomic E-state index is 1.18. The van der Waals surface area contributed by atoms with Crippen molar-refractivity contribution in [3.63, 3.8) is 0 Å². The summed E-state index contributed by atoms with van der Waals surface area (Å²) in [6, 6.07) is 61.9. The highest BCUT2D eigenvalue weighted by Crippen LogP contribution is 2.40. The van der Waals surface area contributed by atoms with Crippen molar-refractivity contribution < 1.29 is 0 Å². The van der Waals surface area contributed by atoms with E-state index in [0.717, 1.165) is 0 Å². The third kappa shape index (κ3) is 3.59. The Morgan fingerprint density at radius 2 is 0.696 bits per heavy atom. The predicted molar refractivity (Wildman–Crippen MR) is 196 cm³/mol. The molecule has 8 aromatic carbocycles. The number of nitrogens with zero attached hydrogens (tertiary/aromatic N) is 2. The zero-order valence-electron chi connectivity index (χ0n) is 25.1. The van der Waals surface area contributed by atoms with Gasteiger partial charge in [0.05, 0.1) is 22.1 Å². The number of benzene rings is 8. The van der Waals surface area contributed by atoms with Crippen molar-refractivity contribution >= 4 is 65.2 Å². The highest BCUT2D eigenvalue weighted by atomic mass is 15.0. The summed E-state index contributed by atoms with van der Waals surface area (Å²) in [6.07, 6.45) is 0. The fourth-order valence-corrected chi connectivity index (χ4v) is 7.66. The Balaban J connectivity index is 1.15. The van der Waals surface area contributed by atoms with Crippen LogP contribution >= 0.6 is 0 Å². The van der Waals surface area contributed by atoms with E-state index < -0.39 is 0 Å². The molecule has 2 nitrogen and oxygen atoms in total. The zero-order valence-corrected chi connectivity index (χ0v) is 25.1. The monoisotopic (exact) mass is 584 g/mol. The summed E-state index contributed by atoms with van der Waals surface area (Å²) in [7, 11) is 0. The van der Waals surface area contributed by atoms with Gasteiger partial charge in [0.2, 0.25) is 0 Å². The van der Waals surface area contributed by atoms with Gasteiger partial charge in [-0.1, -0.05) is 109 Å². The molecule has 0 aliphatic carbocycles. The third-order valence-corrected chi connectivity index (χ3v) is 9.67. The van der Waals surface area contributed by atoms with Gasteiger partial charge in [0.15, 0.2) is 0 Å². The minimum Gasteiger partial charge on any atom is -0.309 e. The molecule has 2 heterocycles. The van der Waals surface area contributed by atoms with E-state index in [1.54, 1.807) is 0 Å². The second-order valence-corrected chi connectivity index (χ2v) is 12.2. The van der Waals surface area contributed by atoms with E-state index in [4.69, 9.17) is 0 Å². The molecule has 0 fully saturated rings. The van der Waals surface area contributed by atoms with Crippen molar-refractivity contribution in [3.8, 4) is 22.5 Å². The maximum absolute atomic E-state index is 2.39. The maximum Gasteiger partial charge on any atom is 0.0547 e. The lowest BCUT2D eigenvalue weighted by Crippen LogP contribution is -1.93. The van der Waals surface area contributed by atoms with E-state index in [9.17, 15) is 0 Å². The van der Waals surface area contributed by atoms with Crippen LogP contribution in [0, 0.1) is 0 Å². The largest absolute Gasteiger partial charge is 0.309 e. The van der Waals surface area contributed by atoms with Gasteiger partial charge in [-0.2, -0.15) is 0 Å². The van der Waals surface area contributed by atoms with E-state index in [0.29, 0.717) is 0 Å². The Bertz CT molecular complexity index is 2590. The Morgan fingerprint density at radius 3 is 1.15 bits per heavy atom. The molecule has 0 aliphatic rings. The van der Waals surface area contributed by atoms with E-state index in [-0.39, 0.29) is 0 Å². The molecule has 10 rings (SSSR count). The molecule has 0 saturated carbocycles. The number of aromatic nitrogens is 2. The van der Waals surface area contributed by atoms with Crippen LogP contribution in [0.3, 0.4) is 0 Å². The molecule has 0 aliphatic heterocycles. The van der Waals surface area contributed by atoms with Gasteiger partial charge in [0, 0.05) is 32.9 Å². The van der Waals surface area contributed by atoms with Crippen LogP contribution in [0.5, 0.6) is 0 Å². The van der Waals surface area contributed by atoms with E-state index in [1.807, 2.05) is 0 Å². The van der Waals surface area contributed by atoms with Gasteiger partial charge in [-0.3, -0.25) is 0 Å². The van der Waals surface area contributed by atoms with Crippen molar-refractivity contribution in [3.05, 3.63) is 170 Å². The maximum atomic E-state index is 2.39. The van der Waals surface area contributed by atoms with Crippen molar-refractivity contribution in [2.45, 2.75) is 0 Å². The van der Waals surface area contributed by atoms with E-state index in [1.165, 1.54) is 87.7 Å². The van der Waals surface area contributed by atoms with Gasteiger partial charge in [-0.25, -0.2) is 0 Å². The first-order valence-electron chi connectivity index (χ1n) is 15.9. The number of hydrogen-bond acceptors (Lipinski definition) is 0. The molecular weight excluding hydrogens is 556 g/mol. The van der Waals surface area contributed by atoms with Crippen molar-refractivity contribution in [2.24, 2.45) is 0 Å². The summed E-state index contributed by atoms with van der Waals surface area (Å²) in [6.45, 7) is 0. The lowest BCUT2D eigenvalue weighted by atomic mass is 9.95. The van der Waals surface area contributed by atoms with Gasteiger partial charge in [-0.15, -0.1) is 0 Å². The topological polar surface area (TPSA) is 9.86 Å². The first kappa shape index (κ1) is 25.2. The lowest BCUT2D eigenvalue weighted by Gasteiger charge is -2.10. The molecule has 0 spiro atoms. The molecule has 46 heavy (non-hydrogen) atoms. The van der Waals surface area contributed by atoms with Gasteiger partial charge < -0.3 is 9.13 Å². The van der Waals surface area contributed by atoms with Crippen LogP contribution in [0.25, 0.3) is 87.7 Å². The fourth-order valence-electron chi connectivity index (χ4n) is 7.66. The summed E-state index contributed by atoms with van der Waals surface area (Å²) in [4.78, 5) is 0. The quantitative estimate of drug-likeness (QED) is 0.195. The standard InChI is InChI=1S/C44H28N2/c1-3-11-33(12-4-1)45-39-17-9-7-15-37(39)43-35-23-19-29(27-31(35)21-25-41(43)45)30-20-24-36-32(28-30)22-26-42-44(36)38-16-8-10-18-40(38)46(42)34-13-5-2-6-14-34/h1-28H. The summed E-state index contributed by atoms with van der Waals surface area (Å²) in [5.41, 5.74) is 9.75. The van der Waals surface area contributed by atoms with Gasteiger partial charge >= 0.3 is 0 Å². The van der Waals surface area contributed by atoms with Crippen LogP contribution in [0.4, 0.5) is 0 Å². The number of rotatable bonds is 3. The van der Waals surface area contributed by atoms with Crippen LogP contribution in [-0.4, -0.2) is 9.13 Å². The zero-order chi connectivity index (χ0) is 30.2. The second-order valence-electron chi connectivity index (χ2n) is 12.2. The Labute approximate surface area is 266 Å². The molecule has 2 aromatic heterocycles. The SMILES string of the molecule is c1ccc(-n2c3ccccc3c3c4ccc(-c5ccc6c(ccc7c6c6ccccc6n7-c6ccccc6)c5)cc4ccc32)cc1. The van der Waals surface area contributed by atoms with Crippen molar-refractivity contribution in [2.75, 3.05) is 0 Å². The van der Waals surface area contributed by atoms with Crippen LogP contribution in [0.15, 0.2) is 170 Å². The minimum atomic E-state index is 1.18. The average molecular weight is 585 g/mol. The average Bonchev–Trinajstić information content (AvgIpc) is 3.65. The molecule has 2 heteroatoms. The van der Waals surface area contributed by atoms with Crippen molar-refractivity contribution in [1.29, 1.82) is 0 Å². The van der Waals surface area contributed by atoms with Crippen LogP contribution < -0.4 is 0 Å². The van der Waals surface area contributed by atoms with E-state index >= 15 is 0 Å². The summed E-state index contributed by atoms with van der Waals surface area (Å²) >= 11 is 0. The molecule has 0 bridgehead atoms. The predicted octanol–water partition coefficient (Wildman–Crippen LogP) is 11.9.